The number of likely N-dealkylation sites (tertiary alicyclic amines) is 1. The average molecular weight is 1280 g/mol. The minimum atomic E-state index is -1.09. The number of aromatic nitrogens is 4. The molecule has 5 N–H and O–H groups in total. The molecule has 2 aliphatic heterocycles. The Hall–Kier alpha value is -6.14. The number of hydrogen-bond donors (Lipinski definition) is 4. The number of thiophene rings is 1. The summed E-state index contributed by atoms with van der Waals surface area (Å²) in [6.45, 7) is 17.7. The van der Waals surface area contributed by atoms with Gasteiger partial charge in [0.25, 0.3) is 0 Å². The first-order chi connectivity index (χ1) is 42.4. The third-order valence-corrected chi connectivity index (χ3v) is 16.7. The Morgan fingerprint density at radius 2 is 1.32 bits per heavy atom. The van der Waals surface area contributed by atoms with Crippen LogP contribution >= 0.6 is 34.3 Å². The van der Waals surface area contributed by atoms with Crippen molar-refractivity contribution in [3.63, 3.8) is 0 Å². The Morgan fingerprint density at radius 1 is 0.727 bits per heavy atom. The molecule has 4 amide bonds. The topological polar surface area (TPSA) is 290 Å². The number of nitrogens with one attached hydrogen (secondary N) is 3. The molecule has 0 spiro atoms. The van der Waals surface area contributed by atoms with Crippen molar-refractivity contribution in [2.24, 2.45) is 16.1 Å². The van der Waals surface area contributed by atoms with Crippen molar-refractivity contribution in [1.82, 2.24) is 40.6 Å². The van der Waals surface area contributed by atoms with Crippen molar-refractivity contribution in [2.75, 3.05) is 125 Å². The molecule has 2 aromatic carbocycles. The van der Waals surface area contributed by atoms with Crippen molar-refractivity contribution in [3.8, 4) is 15.4 Å². The van der Waals surface area contributed by atoms with Gasteiger partial charge in [0, 0.05) is 47.1 Å². The molecular formula is C61H83ClN10O14S2. The zero-order valence-corrected chi connectivity index (χ0v) is 53.6. The van der Waals surface area contributed by atoms with Gasteiger partial charge >= 0.3 is 5.97 Å². The highest BCUT2D eigenvalue weighted by Gasteiger charge is 2.46. The smallest absolute Gasteiger partial charge is 0.332 e. The highest BCUT2D eigenvalue weighted by atomic mass is 35.5. The van der Waals surface area contributed by atoms with Gasteiger partial charge in [-0.05, 0) is 61.9 Å². The van der Waals surface area contributed by atoms with E-state index in [2.05, 4.69) is 45.0 Å². The predicted octanol–water partition coefficient (Wildman–Crippen LogP) is 5.19. The number of nitrogens with two attached hydrogens (primary N) is 1. The molecule has 5 heterocycles. The number of benzene rings is 2. The lowest BCUT2D eigenvalue weighted by molar-refractivity contribution is -0.155. The first kappa shape index (κ1) is 69.3. The van der Waals surface area contributed by atoms with E-state index in [1.54, 1.807) is 49.0 Å². The second kappa shape index (κ2) is 35.3. The van der Waals surface area contributed by atoms with Crippen LogP contribution < -0.4 is 21.7 Å². The molecule has 1 saturated heterocycles. The molecule has 1 fully saturated rings. The number of aliphatic imine (C=N–C) groups is 1. The monoisotopic (exact) mass is 1280 g/mol. The molecule has 0 aliphatic carbocycles. The largest absolute Gasteiger partial charge is 0.459 e. The van der Waals surface area contributed by atoms with Crippen molar-refractivity contribution >= 4 is 69.6 Å². The highest BCUT2D eigenvalue weighted by Crippen LogP contribution is 2.40. The molecule has 5 aromatic rings. The summed E-state index contributed by atoms with van der Waals surface area (Å²) in [6.07, 6.45) is -0.779. The number of amides is 4. The second-order valence-corrected chi connectivity index (χ2v) is 24.4. The Kier molecular flexibility index (Phi) is 27.8. The van der Waals surface area contributed by atoms with Crippen LogP contribution in [0.15, 0.2) is 59.0 Å². The zero-order valence-electron chi connectivity index (χ0n) is 51.2. The van der Waals surface area contributed by atoms with Gasteiger partial charge in [0.1, 0.15) is 48.3 Å². The van der Waals surface area contributed by atoms with Gasteiger partial charge in [-0.15, -0.1) is 32.9 Å². The number of thiazole rings is 1. The normalized spacial score (nSPS) is 15.9. The quantitative estimate of drug-likeness (QED) is 0.0294. The molecule has 2 aliphatic rings. The van der Waals surface area contributed by atoms with E-state index in [1.165, 1.54) is 4.90 Å². The number of rotatable bonds is 37. The number of carbonyl (C=O) groups excluding carboxylic acids is 5. The van der Waals surface area contributed by atoms with Crippen LogP contribution in [-0.2, 0) is 73.1 Å². The summed E-state index contributed by atoms with van der Waals surface area (Å²) < 4.78 is 52.0. The summed E-state index contributed by atoms with van der Waals surface area (Å²) in [5.41, 5.74) is 12.9. The SMILES string of the molecule is Cc1ncsc1-c1ccc(CNC(=O)[C@@H]2C[C@@H](OC(=O)COCCOCCOCCOCCOCCN)CN2C(=O)[C@@H](NC(=O)COCCOCCOCCNC(=O)C[C@@H]2N=C(c3ccc(Cl)cc3)c3c(sc(C)c3C)-n3c(C)nnc32)C(C)(C)C)cc1. The lowest BCUT2D eigenvalue weighted by Crippen LogP contribution is -2.58. The summed E-state index contributed by atoms with van der Waals surface area (Å²) in [6, 6.07) is 12.6. The lowest BCUT2D eigenvalue weighted by atomic mass is 9.85. The summed E-state index contributed by atoms with van der Waals surface area (Å²) in [7, 11) is 0. The van der Waals surface area contributed by atoms with Crippen LogP contribution in [0.4, 0.5) is 0 Å². The fourth-order valence-electron chi connectivity index (χ4n) is 9.64. The predicted molar refractivity (Wildman–Crippen MR) is 332 cm³/mol. The molecule has 4 atom stereocenters. The van der Waals surface area contributed by atoms with E-state index in [0.717, 1.165) is 54.0 Å². The molecule has 3 aromatic heterocycles. The number of fused-ring (bicyclic) bond motifs is 3. The van der Waals surface area contributed by atoms with Crippen LogP contribution in [0.25, 0.3) is 15.4 Å². The number of halogens is 1. The number of esters is 1. The van der Waals surface area contributed by atoms with Gasteiger partial charge in [0.15, 0.2) is 5.82 Å². The zero-order chi connectivity index (χ0) is 63.0. The maximum absolute atomic E-state index is 14.6. The van der Waals surface area contributed by atoms with Crippen molar-refractivity contribution in [1.29, 1.82) is 0 Å². The third kappa shape index (κ3) is 20.7. The van der Waals surface area contributed by atoms with Crippen LogP contribution in [-0.4, -0.2) is 203 Å². The van der Waals surface area contributed by atoms with Crippen LogP contribution in [0.3, 0.4) is 0 Å². The molecule has 27 heteroatoms. The van der Waals surface area contributed by atoms with E-state index in [0.29, 0.717) is 69.5 Å². The fourth-order valence-corrected chi connectivity index (χ4v) is 11.8. The first-order valence-corrected chi connectivity index (χ1v) is 31.5. The van der Waals surface area contributed by atoms with Crippen molar-refractivity contribution < 1.29 is 66.6 Å². The maximum Gasteiger partial charge on any atom is 0.332 e. The Bertz CT molecular complexity index is 3080. The van der Waals surface area contributed by atoms with Gasteiger partial charge in [-0.2, -0.15) is 0 Å². The Labute approximate surface area is 526 Å². The van der Waals surface area contributed by atoms with Gasteiger partial charge in [-0.25, -0.2) is 9.78 Å². The van der Waals surface area contributed by atoms with E-state index in [1.807, 2.05) is 66.9 Å². The molecule has 88 heavy (non-hydrogen) atoms. The third-order valence-electron chi connectivity index (χ3n) is 14.2. The summed E-state index contributed by atoms with van der Waals surface area (Å²) in [5, 5.41) is 19.2. The average Bonchev–Trinajstić information content (AvgIpc) is 2.48. The molecular weight excluding hydrogens is 1200 g/mol. The maximum atomic E-state index is 14.6. The minimum absolute atomic E-state index is 0.0195. The summed E-state index contributed by atoms with van der Waals surface area (Å²) >= 11 is 9.44. The molecule has 480 valence electrons. The van der Waals surface area contributed by atoms with Crippen molar-refractivity contribution in [3.05, 3.63) is 104 Å². The van der Waals surface area contributed by atoms with E-state index in [9.17, 15) is 24.0 Å². The molecule has 24 nitrogen and oxygen atoms in total. The number of ether oxygens (including phenoxy) is 9. The molecule has 0 unspecified atom stereocenters. The Balaban J connectivity index is 0.819. The van der Waals surface area contributed by atoms with Crippen molar-refractivity contribution in [2.45, 2.75) is 92.1 Å². The standard InChI is InChI=1S/C61H83ClN10O14S2/c1-39-41(3)88-60-53(39)54(44-12-14-46(62)15-13-44)67-48(57-70-69-42(4)72(57)60)33-50(73)64-17-19-79-21-23-82-28-30-84-36-51(74)68-56(61(5,6)7)59(77)71-35-47(86-52(75)37-85-31-29-83-27-26-81-25-24-80-22-20-78-18-16-63)32-49(71)58(76)65-34-43-8-10-45(11-9-43)55-40(2)66-38-87-55/h8-15,38,47-49,56H,16-37,63H2,1-7H3,(H,64,73)(H,65,76)(H,68,74)/t47-,48+,49+,56-/m1/s1. The van der Waals surface area contributed by atoms with Gasteiger partial charge in [0.2, 0.25) is 23.6 Å². The fraction of sp³-hybridized carbons (Fsp3) is 0.557. The van der Waals surface area contributed by atoms with E-state index < -0.39 is 53.3 Å². The van der Waals surface area contributed by atoms with Gasteiger partial charge in [0.05, 0.1) is 127 Å². The second-order valence-electron chi connectivity index (χ2n) is 21.9. The molecule has 0 radical (unpaired) electrons. The molecule has 7 rings (SSSR count). The van der Waals surface area contributed by atoms with E-state index in [4.69, 9.17) is 65.0 Å². The van der Waals surface area contributed by atoms with Crippen LogP contribution in [0.5, 0.6) is 0 Å². The van der Waals surface area contributed by atoms with Crippen LogP contribution in [0.2, 0.25) is 5.02 Å². The van der Waals surface area contributed by atoms with Crippen LogP contribution in [0.1, 0.15) is 84.1 Å². The highest BCUT2D eigenvalue weighted by molar-refractivity contribution is 7.15. The van der Waals surface area contributed by atoms with E-state index >= 15 is 0 Å². The van der Waals surface area contributed by atoms with Gasteiger partial charge in [-0.1, -0.05) is 68.8 Å². The van der Waals surface area contributed by atoms with Gasteiger partial charge in [-0.3, -0.25) is 28.7 Å². The summed E-state index contributed by atoms with van der Waals surface area (Å²) in [5.74, 6) is -1.12. The molecule has 0 saturated carbocycles. The van der Waals surface area contributed by atoms with Crippen LogP contribution in [0, 0.1) is 33.1 Å². The lowest BCUT2D eigenvalue weighted by Gasteiger charge is -2.35. The van der Waals surface area contributed by atoms with Gasteiger partial charge < -0.3 is 69.2 Å². The Morgan fingerprint density at radius 3 is 1.92 bits per heavy atom. The number of aryl methyl sites for hydroxylation is 3. The minimum Gasteiger partial charge on any atom is -0.459 e. The number of hydrogen-bond acceptors (Lipinski definition) is 21. The van der Waals surface area contributed by atoms with E-state index in [-0.39, 0.29) is 97.8 Å². The first-order valence-electron chi connectivity index (χ1n) is 29.4. The number of nitrogens with zero attached hydrogens (tertiary/aromatic N) is 6. The number of carbonyl (C=O) groups is 5. The summed E-state index contributed by atoms with van der Waals surface area (Å²) in [4.78, 5) is 81.6. The molecule has 0 bridgehead atoms.